The van der Waals surface area contributed by atoms with Crippen LogP contribution in [0.25, 0.3) is 0 Å². The highest BCUT2D eigenvalue weighted by molar-refractivity contribution is 5.42. The number of hydrogen-bond acceptors (Lipinski definition) is 2. The number of rotatable bonds is 13. The molecular formula is C24H38N2O2+2. The minimum absolute atomic E-state index is 0.550. The van der Waals surface area contributed by atoms with Crippen LogP contribution in [0.2, 0.25) is 0 Å². The zero-order valence-electron chi connectivity index (χ0n) is 18.0. The van der Waals surface area contributed by atoms with E-state index in [2.05, 4.69) is 50.4 Å². The molecule has 3 N–H and O–H groups in total. The van der Waals surface area contributed by atoms with Gasteiger partial charge in [0.2, 0.25) is 0 Å². The van der Waals surface area contributed by atoms with E-state index in [0.29, 0.717) is 12.6 Å². The minimum Gasteiger partial charge on any atom is -0.493 e. The van der Waals surface area contributed by atoms with Crippen LogP contribution in [0, 0.1) is 0 Å². The van der Waals surface area contributed by atoms with Gasteiger partial charge in [0.1, 0.15) is 13.2 Å². The van der Waals surface area contributed by atoms with Crippen LogP contribution in [0.4, 0.5) is 0 Å². The Hall–Kier alpha value is -2.04. The summed E-state index contributed by atoms with van der Waals surface area (Å²) in [7, 11) is 1.70. The van der Waals surface area contributed by atoms with E-state index in [-0.39, 0.29) is 0 Å². The second kappa shape index (κ2) is 12.4. The first-order valence-electron chi connectivity index (χ1n) is 10.7. The third-order valence-corrected chi connectivity index (χ3v) is 5.41. The van der Waals surface area contributed by atoms with Gasteiger partial charge in [-0.3, -0.25) is 0 Å². The molecule has 4 nitrogen and oxygen atoms in total. The molecule has 0 radical (unpaired) electrons. The lowest BCUT2D eigenvalue weighted by atomic mass is 10.1. The molecule has 0 unspecified atom stereocenters. The lowest BCUT2D eigenvalue weighted by molar-refractivity contribution is -0.896. The standard InChI is InChI=1S/C24H36N2O2/c1-5-26(6-2)16-10-11-20(3)25-18-22-14-15-23(24(17-22)27-4)28-19-21-12-8-7-9-13-21/h7-9,12-15,17,20,25H,5-6,10-11,16,18-19H2,1-4H3/p+2/t20-/m1/s1. The van der Waals surface area contributed by atoms with Crippen molar-refractivity contribution in [2.75, 3.05) is 26.7 Å². The molecule has 0 heterocycles. The highest BCUT2D eigenvalue weighted by atomic mass is 16.5. The summed E-state index contributed by atoms with van der Waals surface area (Å²) in [5, 5.41) is 2.43. The average Bonchev–Trinajstić information content (AvgIpc) is 2.74. The van der Waals surface area contributed by atoms with E-state index in [9.17, 15) is 0 Å². The predicted octanol–water partition coefficient (Wildman–Crippen LogP) is 2.43. The van der Waals surface area contributed by atoms with E-state index in [1.807, 2.05) is 24.3 Å². The first kappa shape index (κ1) is 22.3. The Bertz CT molecular complexity index is 672. The van der Waals surface area contributed by atoms with Crippen molar-refractivity contribution in [3.8, 4) is 11.5 Å². The monoisotopic (exact) mass is 386 g/mol. The first-order chi connectivity index (χ1) is 13.7. The van der Waals surface area contributed by atoms with Crippen LogP contribution in [0.3, 0.4) is 0 Å². The van der Waals surface area contributed by atoms with Crippen LogP contribution in [-0.4, -0.2) is 32.8 Å². The third-order valence-electron chi connectivity index (χ3n) is 5.41. The maximum absolute atomic E-state index is 5.95. The highest BCUT2D eigenvalue weighted by Gasteiger charge is 2.11. The van der Waals surface area contributed by atoms with Gasteiger partial charge in [-0.05, 0) is 44.5 Å². The number of benzene rings is 2. The molecule has 2 aromatic rings. The number of nitrogens with one attached hydrogen (secondary N) is 1. The second-order valence-electron chi connectivity index (χ2n) is 7.53. The number of quaternary nitrogens is 2. The fourth-order valence-electron chi connectivity index (χ4n) is 3.43. The van der Waals surface area contributed by atoms with E-state index in [4.69, 9.17) is 9.47 Å². The Kier molecular flexibility index (Phi) is 9.87. The molecule has 4 heteroatoms. The Morgan fingerprint density at radius 2 is 1.71 bits per heavy atom. The molecule has 0 fully saturated rings. The van der Waals surface area contributed by atoms with Gasteiger partial charge in [0, 0.05) is 18.4 Å². The van der Waals surface area contributed by atoms with Gasteiger partial charge in [-0.15, -0.1) is 0 Å². The van der Waals surface area contributed by atoms with Crippen LogP contribution in [-0.2, 0) is 13.2 Å². The van der Waals surface area contributed by atoms with Gasteiger partial charge in [-0.25, -0.2) is 0 Å². The molecule has 0 aliphatic heterocycles. The summed E-state index contributed by atoms with van der Waals surface area (Å²) in [6, 6.07) is 17.1. The summed E-state index contributed by atoms with van der Waals surface area (Å²) >= 11 is 0. The van der Waals surface area contributed by atoms with Crippen molar-refractivity contribution in [3.63, 3.8) is 0 Å². The van der Waals surface area contributed by atoms with Gasteiger partial charge < -0.3 is 19.7 Å². The predicted molar refractivity (Wildman–Crippen MR) is 115 cm³/mol. The summed E-state index contributed by atoms with van der Waals surface area (Å²) in [6.07, 6.45) is 2.56. The number of nitrogens with two attached hydrogens (primary N) is 1. The quantitative estimate of drug-likeness (QED) is 0.555. The van der Waals surface area contributed by atoms with E-state index in [1.54, 1.807) is 12.0 Å². The Labute approximate surface area is 170 Å². The van der Waals surface area contributed by atoms with Gasteiger partial charge >= 0.3 is 0 Å². The van der Waals surface area contributed by atoms with Gasteiger partial charge in [0.05, 0.1) is 32.8 Å². The molecule has 0 bridgehead atoms. The van der Waals surface area contributed by atoms with Crippen molar-refractivity contribution < 1.29 is 19.7 Å². The molecule has 0 saturated heterocycles. The van der Waals surface area contributed by atoms with Crippen molar-refractivity contribution in [2.24, 2.45) is 0 Å². The molecule has 2 aromatic carbocycles. The van der Waals surface area contributed by atoms with Crippen LogP contribution >= 0.6 is 0 Å². The average molecular weight is 387 g/mol. The van der Waals surface area contributed by atoms with E-state index in [1.165, 1.54) is 38.0 Å². The highest BCUT2D eigenvalue weighted by Crippen LogP contribution is 2.28. The molecule has 0 saturated carbocycles. The SMILES string of the molecule is CC[NH+](CC)CCC[C@@H](C)[NH2+]Cc1ccc(OCc2ccccc2)c(OC)c1. The van der Waals surface area contributed by atoms with Crippen LogP contribution in [0.1, 0.15) is 44.7 Å². The van der Waals surface area contributed by atoms with Gasteiger partial charge in [-0.2, -0.15) is 0 Å². The van der Waals surface area contributed by atoms with E-state index < -0.39 is 0 Å². The van der Waals surface area contributed by atoms with E-state index >= 15 is 0 Å². The smallest absolute Gasteiger partial charge is 0.161 e. The van der Waals surface area contributed by atoms with Crippen molar-refractivity contribution in [1.29, 1.82) is 0 Å². The summed E-state index contributed by atoms with van der Waals surface area (Å²) in [4.78, 5) is 1.70. The number of ether oxygens (including phenoxy) is 2. The third kappa shape index (κ3) is 7.53. The molecule has 0 aliphatic carbocycles. The lowest BCUT2D eigenvalue weighted by Crippen LogP contribution is -3.11. The van der Waals surface area contributed by atoms with Crippen LogP contribution < -0.4 is 19.7 Å². The summed E-state index contributed by atoms with van der Waals surface area (Å²) in [5.41, 5.74) is 2.42. The largest absolute Gasteiger partial charge is 0.493 e. The zero-order valence-corrected chi connectivity index (χ0v) is 18.0. The van der Waals surface area contributed by atoms with Crippen molar-refractivity contribution in [3.05, 3.63) is 59.7 Å². The van der Waals surface area contributed by atoms with Crippen molar-refractivity contribution in [2.45, 2.75) is 52.8 Å². The summed E-state index contributed by atoms with van der Waals surface area (Å²) in [6.45, 7) is 12.1. The maximum atomic E-state index is 5.95. The number of hydrogen-bond donors (Lipinski definition) is 2. The molecule has 28 heavy (non-hydrogen) atoms. The fraction of sp³-hybridized carbons (Fsp3) is 0.500. The molecule has 154 valence electrons. The fourth-order valence-corrected chi connectivity index (χ4v) is 3.43. The zero-order chi connectivity index (χ0) is 20.2. The van der Waals surface area contributed by atoms with Crippen LogP contribution in [0.5, 0.6) is 11.5 Å². The Morgan fingerprint density at radius 1 is 0.964 bits per heavy atom. The lowest BCUT2D eigenvalue weighted by Gasteiger charge is -2.17. The van der Waals surface area contributed by atoms with Gasteiger partial charge in [0.25, 0.3) is 0 Å². The molecule has 0 spiro atoms. The maximum Gasteiger partial charge on any atom is 0.161 e. The second-order valence-corrected chi connectivity index (χ2v) is 7.53. The molecule has 0 amide bonds. The van der Waals surface area contributed by atoms with Gasteiger partial charge in [0.15, 0.2) is 11.5 Å². The minimum atomic E-state index is 0.550. The molecule has 0 aromatic heterocycles. The normalized spacial score (nSPS) is 12.2. The first-order valence-corrected chi connectivity index (χ1v) is 10.7. The van der Waals surface area contributed by atoms with Crippen molar-refractivity contribution >= 4 is 0 Å². The summed E-state index contributed by atoms with van der Waals surface area (Å²) < 4.78 is 11.5. The number of methoxy groups -OCH3 is 1. The van der Waals surface area contributed by atoms with Crippen LogP contribution in [0.15, 0.2) is 48.5 Å². The van der Waals surface area contributed by atoms with Crippen molar-refractivity contribution in [1.82, 2.24) is 0 Å². The van der Waals surface area contributed by atoms with E-state index in [0.717, 1.165) is 23.6 Å². The Balaban J connectivity index is 1.80. The molecule has 1 atom stereocenters. The molecule has 0 aliphatic rings. The van der Waals surface area contributed by atoms with Gasteiger partial charge in [-0.1, -0.05) is 30.3 Å². The molecule has 2 rings (SSSR count). The molecular weight excluding hydrogens is 348 g/mol. The topological polar surface area (TPSA) is 39.5 Å². The summed E-state index contributed by atoms with van der Waals surface area (Å²) in [5.74, 6) is 1.60. The Morgan fingerprint density at radius 3 is 2.39 bits per heavy atom.